The van der Waals surface area contributed by atoms with Gasteiger partial charge in [-0.15, -0.1) is 0 Å². The molecule has 1 amide bonds. The highest BCUT2D eigenvalue weighted by molar-refractivity contribution is 6.00. The predicted octanol–water partition coefficient (Wildman–Crippen LogP) is 4.61. The Bertz CT molecular complexity index is 996. The summed E-state index contributed by atoms with van der Waals surface area (Å²) >= 11 is 0. The number of alkyl halides is 3. The molecule has 0 aliphatic heterocycles. The van der Waals surface area contributed by atoms with Crippen molar-refractivity contribution < 1.29 is 27.2 Å². The molecule has 28 heavy (non-hydrogen) atoms. The fourth-order valence-corrected chi connectivity index (χ4v) is 2.72. The number of methoxy groups -OCH3 is 1. The lowest BCUT2D eigenvalue weighted by Crippen LogP contribution is -2.23. The number of halogens is 3. The molecule has 2 aromatic carbocycles. The van der Waals surface area contributed by atoms with Crippen LogP contribution in [0.25, 0.3) is 11.3 Å². The number of ether oxygens (including phenoxy) is 1. The molecule has 0 atom stereocenters. The lowest BCUT2D eigenvalue weighted by atomic mass is 10.0. The summed E-state index contributed by atoms with van der Waals surface area (Å²) in [6.07, 6.45) is -4.50. The average molecular weight is 390 g/mol. The van der Waals surface area contributed by atoms with E-state index in [2.05, 4.69) is 10.5 Å². The van der Waals surface area contributed by atoms with E-state index in [1.807, 2.05) is 6.07 Å². The molecule has 3 aromatic rings. The molecule has 0 saturated carbocycles. The minimum atomic E-state index is -4.50. The van der Waals surface area contributed by atoms with E-state index in [-0.39, 0.29) is 29.1 Å². The number of aryl methyl sites for hydroxylation is 1. The topological polar surface area (TPSA) is 64.4 Å². The van der Waals surface area contributed by atoms with Crippen LogP contribution in [0.4, 0.5) is 13.2 Å². The van der Waals surface area contributed by atoms with Crippen LogP contribution in [0.1, 0.15) is 27.2 Å². The Morgan fingerprint density at radius 2 is 1.93 bits per heavy atom. The standard InChI is InChI=1S/C20H17F3N2O3/c1-12-17(19(26)24-11-13-5-3-8-16(9-13)27-2)18(28-25-12)14-6-4-7-15(10-14)20(21,22)23/h3-10H,11H2,1-2H3,(H,24,26). The van der Waals surface area contributed by atoms with Gasteiger partial charge in [-0.2, -0.15) is 13.2 Å². The lowest BCUT2D eigenvalue weighted by molar-refractivity contribution is -0.137. The van der Waals surface area contributed by atoms with Gasteiger partial charge in [-0.05, 0) is 36.8 Å². The van der Waals surface area contributed by atoms with Gasteiger partial charge in [-0.1, -0.05) is 29.4 Å². The SMILES string of the molecule is COc1cccc(CNC(=O)c2c(C)noc2-c2cccc(C(F)(F)F)c2)c1. The second-order valence-electron chi connectivity index (χ2n) is 6.08. The summed E-state index contributed by atoms with van der Waals surface area (Å²) in [5, 5.41) is 6.48. The molecule has 0 unspecified atom stereocenters. The molecule has 0 fully saturated rings. The highest BCUT2D eigenvalue weighted by Gasteiger charge is 2.31. The quantitative estimate of drug-likeness (QED) is 0.691. The summed E-state index contributed by atoms with van der Waals surface area (Å²) < 4.78 is 49.2. The van der Waals surface area contributed by atoms with Crippen LogP contribution in [0.5, 0.6) is 5.75 Å². The minimum absolute atomic E-state index is 0.00765. The number of nitrogens with one attached hydrogen (secondary N) is 1. The highest BCUT2D eigenvalue weighted by atomic mass is 19.4. The zero-order valence-electron chi connectivity index (χ0n) is 15.1. The molecule has 5 nitrogen and oxygen atoms in total. The Hall–Kier alpha value is -3.29. The van der Waals surface area contributed by atoms with Crippen molar-refractivity contribution in [3.05, 3.63) is 70.9 Å². The predicted molar refractivity (Wildman–Crippen MR) is 95.8 cm³/mol. The molecule has 1 aromatic heterocycles. The van der Waals surface area contributed by atoms with Gasteiger partial charge in [0.1, 0.15) is 11.3 Å². The fourth-order valence-electron chi connectivity index (χ4n) is 2.72. The van der Waals surface area contributed by atoms with E-state index >= 15 is 0 Å². The Morgan fingerprint density at radius 1 is 1.18 bits per heavy atom. The third-order valence-corrected chi connectivity index (χ3v) is 4.13. The third kappa shape index (κ3) is 4.16. The van der Waals surface area contributed by atoms with Crippen LogP contribution in [0, 0.1) is 6.92 Å². The number of carbonyl (C=O) groups is 1. The molecule has 0 radical (unpaired) electrons. The van der Waals surface area contributed by atoms with Crippen molar-refractivity contribution in [2.45, 2.75) is 19.6 Å². The second-order valence-corrected chi connectivity index (χ2v) is 6.08. The van der Waals surface area contributed by atoms with Gasteiger partial charge in [0.15, 0.2) is 5.76 Å². The van der Waals surface area contributed by atoms with Crippen LogP contribution in [0.3, 0.4) is 0 Å². The van der Waals surface area contributed by atoms with Crippen molar-refractivity contribution in [3.63, 3.8) is 0 Å². The van der Waals surface area contributed by atoms with Crippen LogP contribution < -0.4 is 10.1 Å². The van der Waals surface area contributed by atoms with Crippen molar-refractivity contribution in [1.29, 1.82) is 0 Å². The molecule has 0 bridgehead atoms. The molecule has 0 saturated heterocycles. The van der Waals surface area contributed by atoms with Crippen LogP contribution in [0.15, 0.2) is 53.1 Å². The zero-order chi connectivity index (χ0) is 20.3. The van der Waals surface area contributed by atoms with Gasteiger partial charge in [0.05, 0.1) is 18.4 Å². The molecule has 0 spiro atoms. The number of hydrogen-bond donors (Lipinski definition) is 1. The van der Waals surface area contributed by atoms with Gasteiger partial charge < -0.3 is 14.6 Å². The summed E-state index contributed by atoms with van der Waals surface area (Å²) in [6, 6.07) is 11.7. The number of benzene rings is 2. The molecule has 3 rings (SSSR count). The summed E-state index contributed by atoms with van der Waals surface area (Å²) in [5.41, 5.74) is 0.490. The summed E-state index contributed by atoms with van der Waals surface area (Å²) in [5.74, 6) is 0.151. The molecule has 1 N–H and O–H groups in total. The summed E-state index contributed by atoms with van der Waals surface area (Å²) in [7, 11) is 1.54. The Balaban J connectivity index is 1.85. The van der Waals surface area contributed by atoms with Gasteiger partial charge in [0.25, 0.3) is 5.91 Å². The van der Waals surface area contributed by atoms with Gasteiger partial charge in [-0.25, -0.2) is 0 Å². The van der Waals surface area contributed by atoms with E-state index in [1.54, 1.807) is 32.2 Å². The van der Waals surface area contributed by atoms with Crippen LogP contribution in [-0.2, 0) is 12.7 Å². The van der Waals surface area contributed by atoms with Crippen molar-refractivity contribution in [2.24, 2.45) is 0 Å². The maximum Gasteiger partial charge on any atom is 0.416 e. The van der Waals surface area contributed by atoms with Gasteiger partial charge in [-0.3, -0.25) is 4.79 Å². The maximum absolute atomic E-state index is 13.0. The largest absolute Gasteiger partial charge is 0.497 e. The molecule has 1 heterocycles. The number of aromatic nitrogens is 1. The molecule has 146 valence electrons. The maximum atomic E-state index is 13.0. The molecular weight excluding hydrogens is 373 g/mol. The van der Waals surface area contributed by atoms with E-state index in [0.29, 0.717) is 5.75 Å². The first-order valence-electron chi connectivity index (χ1n) is 8.34. The summed E-state index contributed by atoms with van der Waals surface area (Å²) in [4.78, 5) is 12.7. The third-order valence-electron chi connectivity index (χ3n) is 4.13. The highest BCUT2D eigenvalue weighted by Crippen LogP contribution is 2.33. The number of hydrogen-bond acceptors (Lipinski definition) is 4. The molecule has 0 aliphatic carbocycles. The first kappa shape index (κ1) is 19.5. The Morgan fingerprint density at radius 3 is 2.64 bits per heavy atom. The Labute approximate surface area is 159 Å². The van der Waals surface area contributed by atoms with E-state index in [9.17, 15) is 18.0 Å². The molecular formula is C20H17F3N2O3. The first-order valence-corrected chi connectivity index (χ1v) is 8.34. The van der Waals surface area contributed by atoms with Crippen molar-refractivity contribution in [3.8, 4) is 17.1 Å². The second kappa shape index (κ2) is 7.75. The normalized spacial score (nSPS) is 11.3. The van der Waals surface area contributed by atoms with Crippen LogP contribution in [-0.4, -0.2) is 18.2 Å². The van der Waals surface area contributed by atoms with Crippen LogP contribution >= 0.6 is 0 Å². The van der Waals surface area contributed by atoms with Crippen LogP contribution in [0.2, 0.25) is 0 Å². The van der Waals surface area contributed by atoms with Gasteiger partial charge in [0.2, 0.25) is 0 Å². The van der Waals surface area contributed by atoms with Crippen molar-refractivity contribution in [2.75, 3.05) is 7.11 Å². The smallest absolute Gasteiger partial charge is 0.416 e. The number of nitrogens with zero attached hydrogens (tertiary/aromatic N) is 1. The number of amides is 1. The number of rotatable bonds is 5. The first-order chi connectivity index (χ1) is 13.3. The van der Waals surface area contributed by atoms with Gasteiger partial charge in [0, 0.05) is 12.1 Å². The van der Waals surface area contributed by atoms with E-state index < -0.39 is 17.6 Å². The van der Waals surface area contributed by atoms with Gasteiger partial charge >= 0.3 is 6.18 Å². The molecule has 0 aliphatic rings. The number of carbonyl (C=O) groups excluding carboxylic acids is 1. The monoisotopic (exact) mass is 390 g/mol. The molecule has 8 heteroatoms. The minimum Gasteiger partial charge on any atom is -0.497 e. The van der Waals surface area contributed by atoms with E-state index in [1.165, 1.54) is 12.1 Å². The van der Waals surface area contributed by atoms with Crippen molar-refractivity contribution >= 4 is 5.91 Å². The fraction of sp³-hybridized carbons (Fsp3) is 0.200. The lowest BCUT2D eigenvalue weighted by Gasteiger charge is -2.09. The summed E-state index contributed by atoms with van der Waals surface area (Å²) in [6.45, 7) is 1.77. The Kier molecular flexibility index (Phi) is 5.39. The van der Waals surface area contributed by atoms with Crippen molar-refractivity contribution in [1.82, 2.24) is 10.5 Å². The van der Waals surface area contributed by atoms with E-state index in [4.69, 9.17) is 9.26 Å². The zero-order valence-corrected chi connectivity index (χ0v) is 15.1. The van der Waals surface area contributed by atoms with E-state index in [0.717, 1.165) is 17.7 Å². The average Bonchev–Trinajstić information content (AvgIpc) is 3.07.